The fraction of sp³-hybridized carbons (Fsp3) is 0.233. The molecule has 1 atom stereocenters. The van der Waals surface area contributed by atoms with Crippen molar-refractivity contribution in [3.05, 3.63) is 101 Å². The minimum atomic E-state index is -0.537. The van der Waals surface area contributed by atoms with Crippen molar-refractivity contribution in [2.45, 2.75) is 37.9 Å². The number of anilines is 2. The Balaban J connectivity index is 1.62. The Morgan fingerprint density at radius 2 is 1.70 bits per heavy atom. The second kappa shape index (κ2) is 12.3. The number of rotatable bonds is 9. The highest BCUT2D eigenvalue weighted by Crippen LogP contribution is 2.42. The lowest BCUT2D eigenvalue weighted by atomic mass is 10.1. The molecular weight excluding hydrogens is 482 g/mol. The Hall–Kier alpha value is -4.02. The number of aryl methyl sites for hydroxylation is 1. The maximum Gasteiger partial charge on any atom is 0.269 e. The van der Waals surface area contributed by atoms with Crippen LogP contribution in [0.25, 0.3) is 0 Å². The van der Waals surface area contributed by atoms with Crippen LogP contribution >= 0.6 is 11.8 Å². The summed E-state index contributed by atoms with van der Waals surface area (Å²) in [5, 5.41) is 12.7. The number of unbranched alkanes of at least 4 members (excludes halogenated alkanes) is 1. The van der Waals surface area contributed by atoms with Gasteiger partial charge < -0.3 is 10.1 Å². The van der Waals surface area contributed by atoms with Crippen LogP contribution in [0.15, 0.2) is 89.5 Å². The van der Waals surface area contributed by atoms with E-state index in [9.17, 15) is 14.9 Å². The molecule has 0 aromatic heterocycles. The van der Waals surface area contributed by atoms with Gasteiger partial charge in [-0.05, 0) is 66.8 Å². The molecule has 3 aromatic carbocycles. The zero-order valence-corrected chi connectivity index (χ0v) is 21.8. The van der Waals surface area contributed by atoms with Gasteiger partial charge in [0.15, 0.2) is 0 Å². The third kappa shape index (κ3) is 6.22. The highest BCUT2D eigenvalue weighted by Gasteiger charge is 2.40. The van der Waals surface area contributed by atoms with Gasteiger partial charge in [0.2, 0.25) is 5.91 Å². The molecule has 1 heterocycles. The molecule has 1 N–H and O–H groups in total. The summed E-state index contributed by atoms with van der Waals surface area (Å²) in [6.07, 6.45) is 3.67. The van der Waals surface area contributed by atoms with Crippen LogP contribution < -0.4 is 15.0 Å². The van der Waals surface area contributed by atoms with E-state index < -0.39 is 11.2 Å². The number of nitrogens with one attached hydrogen (secondary N) is 1. The molecule has 0 radical (unpaired) electrons. The molecule has 2 amide bonds. The summed E-state index contributed by atoms with van der Waals surface area (Å²) in [5.74, 6) is 0.0375. The normalized spacial score (nSPS) is 16.3. The second-order valence-electron chi connectivity index (χ2n) is 8.71. The monoisotopic (exact) mass is 511 g/mol. The lowest BCUT2D eigenvalue weighted by molar-refractivity contribution is -0.117. The maximum absolute atomic E-state index is 13.6. The van der Waals surface area contributed by atoms with Crippen molar-refractivity contribution in [2.24, 2.45) is 0 Å². The Labute approximate surface area is 221 Å². The molecule has 4 rings (SSSR count). The first-order valence-electron chi connectivity index (χ1n) is 12.3. The average molecular weight is 512 g/mol. The summed E-state index contributed by atoms with van der Waals surface area (Å²) in [6.45, 7) is 2.15. The van der Waals surface area contributed by atoms with Gasteiger partial charge in [0.1, 0.15) is 22.4 Å². The molecule has 0 aliphatic carbocycles. The van der Waals surface area contributed by atoms with E-state index in [1.807, 2.05) is 66.7 Å². The van der Waals surface area contributed by atoms with Crippen LogP contribution in [0.2, 0.25) is 0 Å². The summed E-state index contributed by atoms with van der Waals surface area (Å²) in [7, 11) is 1.61. The van der Waals surface area contributed by atoms with Gasteiger partial charge in [-0.1, -0.05) is 67.6 Å². The second-order valence-corrected chi connectivity index (χ2v) is 9.91. The third-order valence-corrected chi connectivity index (χ3v) is 7.39. The average Bonchev–Trinajstić information content (AvgIpc) is 3.24. The molecule has 0 spiro atoms. The molecule has 1 saturated heterocycles. The molecule has 37 heavy (non-hydrogen) atoms. The number of amides is 2. The van der Waals surface area contributed by atoms with E-state index in [4.69, 9.17) is 4.74 Å². The first kappa shape index (κ1) is 26.1. The SMILES string of the molecule is CCCCc1ccc(NC(=O)/C(C#N)=C2/S[C@@H](Cc3ccc(OC)cc3)C(=O)N2c2ccccc2)cc1. The van der Waals surface area contributed by atoms with Crippen molar-refractivity contribution in [1.82, 2.24) is 0 Å². The standard InChI is InChI=1S/C30H29N3O3S/c1-3-4-8-21-11-15-23(16-12-21)32-28(34)26(20-31)30-33(24-9-6-5-7-10-24)29(35)27(37-30)19-22-13-17-25(36-2)18-14-22/h5-7,9-18,27H,3-4,8,19H2,1-2H3,(H,32,34)/b30-26+/t27-/m0/s1. The van der Waals surface area contributed by atoms with Crippen LogP contribution in [0.1, 0.15) is 30.9 Å². The molecule has 7 heteroatoms. The fourth-order valence-corrected chi connectivity index (χ4v) is 5.41. The Morgan fingerprint density at radius 3 is 2.32 bits per heavy atom. The largest absolute Gasteiger partial charge is 0.497 e. The first-order valence-corrected chi connectivity index (χ1v) is 13.1. The number of hydrogen-bond acceptors (Lipinski definition) is 5. The van der Waals surface area contributed by atoms with Gasteiger partial charge >= 0.3 is 0 Å². The number of para-hydroxylation sites is 1. The van der Waals surface area contributed by atoms with Gasteiger partial charge in [-0.2, -0.15) is 5.26 Å². The third-order valence-electron chi connectivity index (χ3n) is 6.13. The molecule has 188 valence electrons. The number of nitriles is 1. The summed E-state index contributed by atoms with van der Waals surface area (Å²) < 4.78 is 5.23. The van der Waals surface area contributed by atoms with Crippen molar-refractivity contribution in [3.8, 4) is 11.8 Å². The Morgan fingerprint density at radius 1 is 1.03 bits per heavy atom. The fourth-order valence-electron chi connectivity index (χ4n) is 4.10. The summed E-state index contributed by atoms with van der Waals surface area (Å²) in [4.78, 5) is 28.3. The number of benzene rings is 3. The van der Waals surface area contributed by atoms with Crippen LogP contribution in [0, 0.1) is 11.3 Å². The molecule has 0 bridgehead atoms. The highest BCUT2D eigenvalue weighted by atomic mass is 32.2. The van der Waals surface area contributed by atoms with E-state index in [1.54, 1.807) is 19.2 Å². The van der Waals surface area contributed by atoms with Crippen molar-refractivity contribution in [2.75, 3.05) is 17.3 Å². The van der Waals surface area contributed by atoms with Crippen LogP contribution in [0.4, 0.5) is 11.4 Å². The van der Waals surface area contributed by atoms with E-state index in [-0.39, 0.29) is 11.5 Å². The van der Waals surface area contributed by atoms with Crippen molar-refractivity contribution in [3.63, 3.8) is 0 Å². The van der Waals surface area contributed by atoms with Gasteiger partial charge in [-0.3, -0.25) is 14.5 Å². The number of thioether (sulfide) groups is 1. The summed E-state index contributed by atoms with van der Waals surface area (Å²) in [6, 6.07) is 26.4. The number of ether oxygens (including phenoxy) is 1. The van der Waals surface area contributed by atoms with E-state index in [1.165, 1.54) is 22.2 Å². The summed E-state index contributed by atoms with van der Waals surface area (Å²) >= 11 is 1.25. The van der Waals surface area contributed by atoms with E-state index in [2.05, 4.69) is 18.3 Å². The smallest absolute Gasteiger partial charge is 0.269 e. The van der Waals surface area contributed by atoms with E-state index in [0.717, 1.165) is 30.6 Å². The topological polar surface area (TPSA) is 82.4 Å². The van der Waals surface area contributed by atoms with Gasteiger partial charge in [0.05, 0.1) is 12.4 Å². The molecular formula is C30H29N3O3S. The van der Waals surface area contributed by atoms with Crippen LogP contribution in [0.5, 0.6) is 5.75 Å². The predicted molar refractivity (Wildman–Crippen MR) is 148 cm³/mol. The quantitative estimate of drug-likeness (QED) is 0.277. The zero-order chi connectivity index (χ0) is 26.2. The number of methoxy groups -OCH3 is 1. The predicted octanol–water partition coefficient (Wildman–Crippen LogP) is 6.10. The van der Waals surface area contributed by atoms with Crippen LogP contribution in [0.3, 0.4) is 0 Å². The van der Waals surface area contributed by atoms with Crippen molar-refractivity contribution in [1.29, 1.82) is 5.26 Å². The van der Waals surface area contributed by atoms with Crippen LogP contribution in [-0.2, 0) is 22.4 Å². The van der Waals surface area contributed by atoms with Gasteiger partial charge in [0.25, 0.3) is 5.91 Å². The molecule has 6 nitrogen and oxygen atoms in total. The van der Waals surface area contributed by atoms with E-state index >= 15 is 0 Å². The van der Waals surface area contributed by atoms with Crippen LogP contribution in [-0.4, -0.2) is 24.2 Å². The molecule has 3 aromatic rings. The Kier molecular flexibility index (Phi) is 8.65. The Bertz CT molecular complexity index is 1310. The summed E-state index contributed by atoms with van der Waals surface area (Å²) in [5.41, 5.74) is 3.30. The molecule has 1 fully saturated rings. The molecule has 1 aliphatic rings. The highest BCUT2D eigenvalue weighted by molar-refractivity contribution is 8.05. The molecule has 1 aliphatic heterocycles. The number of carbonyl (C=O) groups excluding carboxylic acids is 2. The molecule has 0 unspecified atom stereocenters. The molecule has 0 saturated carbocycles. The lowest BCUT2D eigenvalue weighted by Gasteiger charge is -2.18. The number of nitrogens with zero attached hydrogens (tertiary/aromatic N) is 2. The van der Waals surface area contributed by atoms with Crippen molar-refractivity contribution < 1.29 is 14.3 Å². The minimum Gasteiger partial charge on any atom is -0.497 e. The van der Waals surface area contributed by atoms with E-state index in [0.29, 0.717) is 22.8 Å². The van der Waals surface area contributed by atoms with Gasteiger partial charge in [-0.25, -0.2) is 0 Å². The number of hydrogen-bond donors (Lipinski definition) is 1. The zero-order valence-electron chi connectivity index (χ0n) is 20.9. The van der Waals surface area contributed by atoms with Gasteiger partial charge in [-0.15, -0.1) is 0 Å². The lowest BCUT2D eigenvalue weighted by Crippen LogP contribution is -2.30. The minimum absolute atomic E-state index is 0.0884. The van der Waals surface area contributed by atoms with Gasteiger partial charge in [0, 0.05) is 11.4 Å². The van der Waals surface area contributed by atoms with Crippen molar-refractivity contribution >= 4 is 35.0 Å². The first-order chi connectivity index (χ1) is 18.0. The maximum atomic E-state index is 13.6. The number of carbonyl (C=O) groups is 2.